The highest BCUT2D eigenvalue weighted by Crippen LogP contribution is 2.30. The van der Waals surface area contributed by atoms with E-state index in [1.807, 2.05) is 37.3 Å². The Balaban J connectivity index is 1.55. The van der Waals surface area contributed by atoms with E-state index in [4.69, 9.17) is 9.15 Å². The third-order valence-corrected chi connectivity index (χ3v) is 3.51. The van der Waals surface area contributed by atoms with Crippen LogP contribution >= 0.6 is 0 Å². The number of esters is 1. The Morgan fingerprint density at radius 1 is 1.38 bits per heavy atom. The zero-order valence-electron chi connectivity index (χ0n) is 11.8. The zero-order chi connectivity index (χ0) is 14.8. The molecule has 21 heavy (non-hydrogen) atoms. The van der Waals surface area contributed by atoms with Gasteiger partial charge in [-0.2, -0.15) is 0 Å². The van der Waals surface area contributed by atoms with Gasteiger partial charge in [-0.05, 0) is 31.9 Å². The fraction of sp³-hybridized carbons (Fsp3) is 0.375. The monoisotopic (exact) mass is 287 g/mol. The summed E-state index contributed by atoms with van der Waals surface area (Å²) in [6.45, 7) is 1.60. The van der Waals surface area contributed by atoms with Gasteiger partial charge in [0.2, 0.25) is 0 Å². The molecule has 1 aromatic heterocycles. The van der Waals surface area contributed by atoms with Crippen LogP contribution in [0.5, 0.6) is 0 Å². The highest BCUT2D eigenvalue weighted by atomic mass is 16.5. The van der Waals surface area contributed by atoms with Crippen molar-refractivity contribution < 1.29 is 18.7 Å². The summed E-state index contributed by atoms with van der Waals surface area (Å²) in [6, 6.07) is 9.29. The Morgan fingerprint density at radius 2 is 2.14 bits per heavy atom. The number of rotatable bonds is 5. The molecular weight excluding hydrogens is 270 g/mol. The second kappa shape index (κ2) is 5.60. The van der Waals surface area contributed by atoms with Crippen LogP contribution in [0.4, 0.5) is 0 Å². The van der Waals surface area contributed by atoms with E-state index in [1.54, 1.807) is 0 Å². The molecule has 0 spiro atoms. The van der Waals surface area contributed by atoms with Crippen LogP contribution in [0.25, 0.3) is 11.0 Å². The molecule has 1 aliphatic carbocycles. The van der Waals surface area contributed by atoms with Gasteiger partial charge >= 0.3 is 5.97 Å². The van der Waals surface area contributed by atoms with Crippen LogP contribution in [0.3, 0.4) is 0 Å². The summed E-state index contributed by atoms with van der Waals surface area (Å²) >= 11 is 0. The molecular formula is C16H17NO4. The van der Waals surface area contributed by atoms with Crippen molar-refractivity contribution in [3.8, 4) is 0 Å². The van der Waals surface area contributed by atoms with Gasteiger partial charge in [0, 0.05) is 5.39 Å². The minimum Gasteiger partial charge on any atom is -0.459 e. The topological polar surface area (TPSA) is 68.5 Å². The maximum absolute atomic E-state index is 11.8. The molecule has 0 unspecified atom stereocenters. The molecule has 0 bridgehead atoms. The molecule has 0 radical (unpaired) electrons. The Kier molecular flexibility index (Phi) is 3.64. The predicted octanol–water partition coefficient (Wildman–Crippen LogP) is 2.56. The van der Waals surface area contributed by atoms with Gasteiger partial charge in [0.1, 0.15) is 11.3 Å². The van der Waals surface area contributed by atoms with Gasteiger partial charge in [0.05, 0.1) is 12.0 Å². The quantitative estimate of drug-likeness (QED) is 0.858. The number of amides is 1. The van der Waals surface area contributed by atoms with Crippen LogP contribution in [0.1, 0.15) is 31.6 Å². The van der Waals surface area contributed by atoms with Gasteiger partial charge in [0.25, 0.3) is 5.91 Å². The molecule has 5 heteroatoms. The molecule has 1 aromatic carbocycles. The molecule has 1 atom stereocenters. The van der Waals surface area contributed by atoms with Gasteiger partial charge in [-0.25, -0.2) is 0 Å². The first kappa shape index (κ1) is 13.7. The number of benzene rings is 1. The van der Waals surface area contributed by atoms with Crippen molar-refractivity contribution in [2.45, 2.75) is 25.8 Å². The molecule has 1 fully saturated rings. The summed E-state index contributed by atoms with van der Waals surface area (Å²) in [5.41, 5.74) is 0.786. The third-order valence-electron chi connectivity index (χ3n) is 3.51. The van der Waals surface area contributed by atoms with E-state index >= 15 is 0 Å². The number of carbonyl (C=O) groups excluding carboxylic acids is 2. The van der Waals surface area contributed by atoms with Gasteiger partial charge < -0.3 is 14.5 Å². The highest BCUT2D eigenvalue weighted by Gasteiger charge is 2.31. The summed E-state index contributed by atoms with van der Waals surface area (Å²) in [5, 5.41) is 3.76. The summed E-state index contributed by atoms with van der Waals surface area (Å²) in [6.07, 6.45) is 1.74. The molecule has 0 saturated heterocycles. The van der Waals surface area contributed by atoms with E-state index in [0.717, 1.165) is 23.8 Å². The first-order valence-electron chi connectivity index (χ1n) is 7.08. The van der Waals surface area contributed by atoms with E-state index in [1.165, 1.54) is 0 Å². The zero-order valence-corrected chi connectivity index (χ0v) is 11.8. The van der Waals surface area contributed by atoms with Crippen LogP contribution in [0, 0.1) is 5.92 Å². The Morgan fingerprint density at radius 3 is 2.86 bits per heavy atom. The minimum absolute atomic E-state index is 0.00518. The lowest BCUT2D eigenvalue weighted by Gasteiger charge is -2.11. The van der Waals surface area contributed by atoms with Crippen LogP contribution in [0.2, 0.25) is 0 Å². The van der Waals surface area contributed by atoms with Crippen molar-refractivity contribution in [3.63, 3.8) is 0 Å². The lowest BCUT2D eigenvalue weighted by molar-refractivity contribution is -0.150. The average Bonchev–Trinajstić information content (AvgIpc) is 3.23. The largest absolute Gasteiger partial charge is 0.459 e. The lowest BCUT2D eigenvalue weighted by atomic mass is 10.2. The fourth-order valence-electron chi connectivity index (χ4n) is 2.14. The van der Waals surface area contributed by atoms with E-state index < -0.39 is 0 Å². The third kappa shape index (κ3) is 3.24. The van der Waals surface area contributed by atoms with Gasteiger partial charge in [-0.3, -0.25) is 9.59 Å². The fourth-order valence-corrected chi connectivity index (χ4v) is 2.14. The molecule has 1 amide bonds. The molecule has 2 aromatic rings. The van der Waals surface area contributed by atoms with E-state index in [9.17, 15) is 9.59 Å². The molecule has 3 rings (SSSR count). The SMILES string of the molecule is C[C@@H](NC(=O)COC(=O)C1CC1)c1cc2ccccc2o1. The van der Waals surface area contributed by atoms with Gasteiger partial charge in [0.15, 0.2) is 6.61 Å². The van der Waals surface area contributed by atoms with Crippen molar-refractivity contribution in [1.29, 1.82) is 0 Å². The maximum atomic E-state index is 11.8. The molecule has 1 saturated carbocycles. The van der Waals surface area contributed by atoms with Gasteiger partial charge in [-0.15, -0.1) is 0 Å². The summed E-state index contributed by atoms with van der Waals surface area (Å²) in [7, 11) is 0. The molecule has 110 valence electrons. The number of carbonyl (C=O) groups is 2. The second-order valence-electron chi connectivity index (χ2n) is 5.36. The van der Waals surface area contributed by atoms with Crippen molar-refractivity contribution in [1.82, 2.24) is 5.32 Å². The number of nitrogens with one attached hydrogen (secondary N) is 1. The number of furan rings is 1. The Hall–Kier alpha value is -2.30. The number of hydrogen-bond donors (Lipinski definition) is 1. The Bertz CT molecular complexity index is 639. The highest BCUT2D eigenvalue weighted by molar-refractivity contribution is 5.82. The molecule has 5 nitrogen and oxygen atoms in total. The standard InChI is InChI=1S/C16H17NO4/c1-10(14-8-12-4-2-3-5-13(12)21-14)17-15(18)9-20-16(19)11-6-7-11/h2-5,8,10-11H,6-7,9H2,1H3,(H,17,18)/t10-/m1/s1. The number of para-hydroxylation sites is 1. The normalized spacial score (nSPS) is 15.7. The van der Waals surface area contributed by atoms with Gasteiger partial charge in [-0.1, -0.05) is 18.2 Å². The average molecular weight is 287 g/mol. The number of hydrogen-bond acceptors (Lipinski definition) is 4. The van der Waals surface area contributed by atoms with E-state index in [2.05, 4.69) is 5.32 Å². The first-order valence-corrected chi connectivity index (χ1v) is 7.08. The van der Waals surface area contributed by atoms with Crippen molar-refractivity contribution in [2.75, 3.05) is 6.61 Å². The summed E-state index contributed by atoms with van der Waals surface area (Å²) in [5.74, 6) is 0.0853. The van der Waals surface area contributed by atoms with Crippen molar-refractivity contribution in [3.05, 3.63) is 36.1 Å². The smallest absolute Gasteiger partial charge is 0.309 e. The van der Waals surface area contributed by atoms with Crippen molar-refractivity contribution in [2.24, 2.45) is 5.92 Å². The molecule has 0 aliphatic heterocycles. The van der Waals surface area contributed by atoms with Crippen molar-refractivity contribution >= 4 is 22.8 Å². The maximum Gasteiger partial charge on any atom is 0.309 e. The molecule has 1 aliphatic rings. The number of fused-ring (bicyclic) bond motifs is 1. The van der Waals surface area contributed by atoms with E-state index in [-0.39, 0.29) is 30.4 Å². The van der Waals surface area contributed by atoms with Crippen LogP contribution in [-0.2, 0) is 14.3 Å². The van der Waals surface area contributed by atoms with E-state index in [0.29, 0.717) is 5.76 Å². The Labute approximate surface area is 122 Å². The first-order chi connectivity index (χ1) is 10.1. The lowest BCUT2D eigenvalue weighted by Crippen LogP contribution is -2.31. The molecule has 1 heterocycles. The van der Waals surface area contributed by atoms with Crippen LogP contribution in [-0.4, -0.2) is 18.5 Å². The number of ether oxygens (including phenoxy) is 1. The predicted molar refractivity (Wildman–Crippen MR) is 76.5 cm³/mol. The summed E-state index contributed by atoms with van der Waals surface area (Å²) < 4.78 is 10.6. The second-order valence-corrected chi connectivity index (χ2v) is 5.36. The molecule has 1 N–H and O–H groups in total. The van der Waals surface area contributed by atoms with Crippen LogP contribution < -0.4 is 5.32 Å². The summed E-state index contributed by atoms with van der Waals surface area (Å²) in [4.78, 5) is 23.1. The minimum atomic E-state index is -0.322. The van der Waals surface area contributed by atoms with Crippen LogP contribution in [0.15, 0.2) is 34.7 Å².